The molecular weight excluding hydrogens is 366 g/mol. The summed E-state index contributed by atoms with van der Waals surface area (Å²) in [6.45, 7) is 5.87. The molecule has 142 valence electrons. The van der Waals surface area contributed by atoms with E-state index < -0.39 is 0 Å². The van der Waals surface area contributed by atoms with Crippen molar-refractivity contribution >= 4 is 38.3 Å². The minimum absolute atomic E-state index is 0.644. The summed E-state index contributed by atoms with van der Waals surface area (Å²) in [6.07, 6.45) is 1.81. The molecule has 2 heteroatoms. The zero-order valence-electron chi connectivity index (χ0n) is 16.6. The Morgan fingerprint density at radius 3 is 2.27 bits per heavy atom. The first kappa shape index (κ1) is 18.0. The van der Waals surface area contributed by atoms with Gasteiger partial charge in [0.15, 0.2) is 0 Å². The van der Waals surface area contributed by atoms with Gasteiger partial charge in [0, 0.05) is 16.3 Å². The molecule has 30 heavy (non-hydrogen) atoms. The highest BCUT2D eigenvalue weighted by Gasteiger charge is 2.14. The molecule has 2 nitrogen and oxygen atoms in total. The second-order valence-electron chi connectivity index (χ2n) is 7.48. The van der Waals surface area contributed by atoms with E-state index in [1.54, 1.807) is 6.92 Å². The van der Waals surface area contributed by atoms with Gasteiger partial charge >= 0.3 is 0 Å². The lowest BCUT2D eigenvalue weighted by Gasteiger charge is -2.10. The van der Waals surface area contributed by atoms with Crippen LogP contribution < -0.4 is 0 Å². The van der Waals surface area contributed by atoms with E-state index in [4.69, 9.17) is 9.68 Å². The van der Waals surface area contributed by atoms with Gasteiger partial charge in [-0.3, -0.25) is 0 Å². The molecule has 0 saturated carbocycles. The van der Waals surface area contributed by atoms with Crippen molar-refractivity contribution < 1.29 is 4.42 Å². The molecule has 0 unspecified atom stereocenters. The summed E-state index contributed by atoms with van der Waals surface area (Å²) in [5, 5.41) is 13.7. The summed E-state index contributed by atoms with van der Waals surface area (Å²) in [4.78, 5) is 0. The fourth-order valence-corrected chi connectivity index (χ4v) is 4.07. The Hall–Kier alpha value is -4.09. The number of furan rings is 1. The second kappa shape index (κ2) is 7.06. The highest BCUT2D eigenvalue weighted by molar-refractivity contribution is 6.22. The molecule has 0 aliphatic rings. The van der Waals surface area contributed by atoms with Crippen LogP contribution in [0.25, 0.3) is 49.4 Å². The van der Waals surface area contributed by atoms with Gasteiger partial charge in [0.1, 0.15) is 11.2 Å². The summed E-state index contributed by atoms with van der Waals surface area (Å²) >= 11 is 0. The van der Waals surface area contributed by atoms with Gasteiger partial charge in [-0.15, -0.1) is 0 Å². The van der Waals surface area contributed by atoms with Crippen LogP contribution in [0.15, 0.2) is 102 Å². The molecular formula is C28H19NO. The molecule has 0 radical (unpaired) electrons. The van der Waals surface area contributed by atoms with Gasteiger partial charge in [-0.25, -0.2) is 0 Å². The fourth-order valence-electron chi connectivity index (χ4n) is 4.07. The van der Waals surface area contributed by atoms with Crippen molar-refractivity contribution in [2.24, 2.45) is 0 Å². The number of para-hydroxylation sites is 1. The van der Waals surface area contributed by atoms with Crippen LogP contribution in [0.2, 0.25) is 0 Å². The lowest BCUT2D eigenvalue weighted by atomic mass is 9.94. The first-order valence-electron chi connectivity index (χ1n) is 9.87. The molecule has 1 heterocycles. The van der Waals surface area contributed by atoms with Gasteiger partial charge in [0.25, 0.3) is 0 Å². The van der Waals surface area contributed by atoms with E-state index in [2.05, 4.69) is 73.3 Å². The lowest BCUT2D eigenvalue weighted by Crippen LogP contribution is -1.85. The minimum Gasteiger partial charge on any atom is -0.456 e. The van der Waals surface area contributed by atoms with Crippen molar-refractivity contribution in [3.8, 4) is 17.2 Å². The van der Waals surface area contributed by atoms with E-state index in [-0.39, 0.29) is 0 Å². The normalized spacial score (nSPS) is 11.8. The summed E-state index contributed by atoms with van der Waals surface area (Å²) in [5.41, 5.74) is 6.53. The predicted octanol–water partition coefficient (Wildman–Crippen LogP) is 7.89. The largest absolute Gasteiger partial charge is 0.456 e. The SMILES string of the molecule is C=C(/C=C(\C)C#N)c1ccc(-c2cc3oc4ccccc4c3c3ccccc23)cc1. The molecule has 5 aromatic rings. The molecule has 0 saturated heterocycles. The zero-order chi connectivity index (χ0) is 20.7. The van der Waals surface area contributed by atoms with Crippen molar-refractivity contribution in [1.29, 1.82) is 5.26 Å². The molecule has 1 aromatic heterocycles. The minimum atomic E-state index is 0.644. The summed E-state index contributed by atoms with van der Waals surface area (Å²) in [6, 6.07) is 29.2. The average molecular weight is 385 g/mol. The highest BCUT2D eigenvalue weighted by Crippen LogP contribution is 2.39. The zero-order valence-corrected chi connectivity index (χ0v) is 16.6. The van der Waals surface area contributed by atoms with Gasteiger partial charge in [-0.05, 0) is 58.2 Å². The summed E-state index contributed by atoms with van der Waals surface area (Å²) < 4.78 is 6.19. The Morgan fingerprint density at radius 1 is 0.867 bits per heavy atom. The molecule has 0 aliphatic heterocycles. The molecule has 0 amide bonds. The van der Waals surface area contributed by atoms with Crippen LogP contribution in [0.4, 0.5) is 0 Å². The maximum Gasteiger partial charge on any atom is 0.136 e. The van der Waals surface area contributed by atoms with Crippen molar-refractivity contribution in [2.45, 2.75) is 6.92 Å². The van der Waals surface area contributed by atoms with Crippen molar-refractivity contribution in [1.82, 2.24) is 0 Å². The molecule has 5 rings (SSSR count). The van der Waals surface area contributed by atoms with E-state index in [1.807, 2.05) is 24.3 Å². The van der Waals surface area contributed by atoms with Gasteiger partial charge in [-0.2, -0.15) is 5.26 Å². The highest BCUT2D eigenvalue weighted by atomic mass is 16.3. The molecule has 0 aliphatic carbocycles. The third-order valence-electron chi connectivity index (χ3n) is 5.52. The Labute approximate surface area is 175 Å². The first-order valence-corrected chi connectivity index (χ1v) is 9.87. The number of rotatable bonds is 3. The van der Waals surface area contributed by atoms with Crippen molar-refractivity contribution in [3.05, 3.63) is 103 Å². The van der Waals surface area contributed by atoms with E-state index in [0.717, 1.165) is 44.2 Å². The van der Waals surface area contributed by atoms with E-state index >= 15 is 0 Å². The van der Waals surface area contributed by atoms with Crippen LogP contribution in [-0.2, 0) is 0 Å². The quantitative estimate of drug-likeness (QED) is 0.234. The number of allylic oxidation sites excluding steroid dienone is 3. The Kier molecular flexibility index (Phi) is 4.23. The number of hydrogen-bond acceptors (Lipinski definition) is 2. The van der Waals surface area contributed by atoms with Crippen LogP contribution in [0.5, 0.6) is 0 Å². The predicted molar refractivity (Wildman–Crippen MR) is 125 cm³/mol. The van der Waals surface area contributed by atoms with Crippen LogP contribution in [0, 0.1) is 11.3 Å². The molecule has 0 N–H and O–H groups in total. The van der Waals surface area contributed by atoms with Gasteiger partial charge in [0.05, 0.1) is 6.07 Å². The Bertz CT molecular complexity index is 1510. The van der Waals surface area contributed by atoms with E-state index in [9.17, 15) is 0 Å². The van der Waals surface area contributed by atoms with Crippen LogP contribution >= 0.6 is 0 Å². The monoisotopic (exact) mass is 385 g/mol. The van der Waals surface area contributed by atoms with Crippen molar-refractivity contribution in [3.63, 3.8) is 0 Å². The molecule has 0 spiro atoms. The lowest BCUT2D eigenvalue weighted by molar-refractivity contribution is 0.669. The smallest absolute Gasteiger partial charge is 0.136 e. The molecule has 0 fully saturated rings. The third kappa shape index (κ3) is 2.89. The third-order valence-corrected chi connectivity index (χ3v) is 5.52. The summed E-state index contributed by atoms with van der Waals surface area (Å²) in [7, 11) is 0. The number of hydrogen-bond donors (Lipinski definition) is 0. The Morgan fingerprint density at radius 2 is 1.53 bits per heavy atom. The maximum absolute atomic E-state index is 8.99. The second-order valence-corrected chi connectivity index (χ2v) is 7.48. The molecule has 0 atom stereocenters. The number of nitrogens with zero attached hydrogens (tertiary/aromatic N) is 1. The number of benzene rings is 4. The van der Waals surface area contributed by atoms with E-state index in [1.165, 1.54) is 10.8 Å². The van der Waals surface area contributed by atoms with Crippen molar-refractivity contribution in [2.75, 3.05) is 0 Å². The standard InChI is InChI=1S/C28H19NO/c1-18(17-29)15-19(2)20-11-13-21(14-12-20)25-16-27-28(23-8-4-3-7-22(23)25)24-9-5-6-10-26(24)30-27/h3-16H,2H2,1H3/b18-15+. The van der Waals surface area contributed by atoms with Gasteiger partial charge in [0.2, 0.25) is 0 Å². The topological polar surface area (TPSA) is 36.9 Å². The van der Waals surface area contributed by atoms with Crippen LogP contribution in [0.1, 0.15) is 12.5 Å². The molecule has 4 aromatic carbocycles. The maximum atomic E-state index is 8.99. The summed E-state index contributed by atoms with van der Waals surface area (Å²) in [5.74, 6) is 0. The first-order chi connectivity index (χ1) is 14.7. The van der Waals surface area contributed by atoms with Crippen LogP contribution in [0.3, 0.4) is 0 Å². The Balaban J connectivity index is 1.70. The van der Waals surface area contributed by atoms with E-state index in [0.29, 0.717) is 5.57 Å². The van der Waals surface area contributed by atoms with Gasteiger partial charge < -0.3 is 4.42 Å². The number of nitriles is 1. The van der Waals surface area contributed by atoms with Crippen LogP contribution in [-0.4, -0.2) is 0 Å². The fraction of sp³-hybridized carbons (Fsp3) is 0.0357. The average Bonchev–Trinajstić information content (AvgIpc) is 3.17. The van der Waals surface area contributed by atoms with Gasteiger partial charge in [-0.1, -0.05) is 73.3 Å². The number of fused-ring (bicyclic) bond motifs is 5. The molecule has 0 bridgehead atoms.